The minimum atomic E-state index is -0.123. The highest BCUT2D eigenvalue weighted by Crippen LogP contribution is 2.24. The van der Waals surface area contributed by atoms with Gasteiger partial charge in [0.25, 0.3) is 5.91 Å². The molecule has 1 amide bonds. The highest BCUT2D eigenvalue weighted by Gasteiger charge is 2.25. The normalized spacial score (nSPS) is 18.6. The number of ether oxygens (including phenoxy) is 1. The van der Waals surface area contributed by atoms with E-state index in [1.807, 2.05) is 24.3 Å². The zero-order chi connectivity index (χ0) is 21.6. The maximum Gasteiger partial charge on any atom is 0.255 e. The van der Waals surface area contributed by atoms with Crippen LogP contribution in [-0.4, -0.2) is 55.0 Å². The van der Waals surface area contributed by atoms with Gasteiger partial charge in [-0.3, -0.25) is 9.69 Å². The Labute approximate surface area is 199 Å². The molecule has 2 heterocycles. The molecule has 0 saturated carbocycles. The van der Waals surface area contributed by atoms with E-state index in [0.29, 0.717) is 11.3 Å². The zero-order valence-corrected chi connectivity index (χ0v) is 20.4. The van der Waals surface area contributed by atoms with E-state index < -0.39 is 0 Å². The first-order valence-electron chi connectivity index (χ1n) is 11.3. The molecule has 5 nitrogen and oxygen atoms in total. The predicted octanol–water partition coefficient (Wildman–Crippen LogP) is 5.00. The Bertz CT molecular complexity index is 873. The number of rotatable bonds is 6. The second kappa shape index (κ2) is 10.8. The number of carbonyl (C=O) groups excluding carboxylic acids is 1. The average molecular weight is 533 g/mol. The van der Waals surface area contributed by atoms with Crippen molar-refractivity contribution >= 4 is 34.2 Å². The summed E-state index contributed by atoms with van der Waals surface area (Å²) in [6.07, 6.45) is 6.73. The monoisotopic (exact) mass is 533 g/mol. The van der Waals surface area contributed by atoms with Crippen molar-refractivity contribution in [3.05, 3.63) is 57.2 Å². The molecule has 4 rings (SSSR count). The van der Waals surface area contributed by atoms with Crippen molar-refractivity contribution < 1.29 is 9.53 Å². The van der Waals surface area contributed by atoms with Crippen LogP contribution in [0.25, 0.3) is 0 Å². The number of benzene rings is 2. The lowest BCUT2D eigenvalue weighted by atomic mass is 9.99. The molecule has 0 bridgehead atoms. The first-order valence-corrected chi connectivity index (χ1v) is 12.4. The van der Waals surface area contributed by atoms with Gasteiger partial charge in [-0.2, -0.15) is 0 Å². The highest BCUT2D eigenvalue weighted by atomic mass is 127. The van der Waals surface area contributed by atoms with Gasteiger partial charge >= 0.3 is 0 Å². The maximum absolute atomic E-state index is 12.6. The van der Waals surface area contributed by atoms with Crippen LogP contribution in [-0.2, 0) is 6.54 Å². The summed E-state index contributed by atoms with van der Waals surface area (Å²) in [5.41, 5.74) is 2.71. The van der Waals surface area contributed by atoms with E-state index in [4.69, 9.17) is 4.74 Å². The van der Waals surface area contributed by atoms with Gasteiger partial charge in [-0.15, -0.1) is 0 Å². The van der Waals surface area contributed by atoms with E-state index in [2.05, 4.69) is 49.8 Å². The Morgan fingerprint density at radius 2 is 1.74 bits per heavy atom. The van der Waals surface area contributed by atoms with Crippen LogP contribution in [0.15, 0.2) is 42.5 Å². The molecule has 2 aliphatic rings. The summed E-state index contributed by atoms with van der Waals surface area (Å²) in [6.45, 7) is 5.93. The minimum Gasteiger partial charge on any atom is -0.496 e. The molecular weight excluding hydrogens is 501 g/mol. The first-order chi connectivity index (χ1) is 15.1. The van der Waals surface area contributed by atoms with E-state index >= 15 is 0 Å². The fourth-order valence-corrected chi connectivity index (χ4v) is 5.24. The number of nitrogens with one attached hydrogen (secondary N) is 1. The molecule has 0 atom stereocenters. The van der Waals surface area contributed by atoms with Crippen molar-refractivity contribution in [3.8, 4) is 5.75 Å². The molecule has 0 spiro atoms. The second-order valence-electron chi connectivity index (χ2n) is 8.60. The number of likely N-dealkylation sites (tertiary alicyclic amines) is 2. The zero-order valence-electron chi connectivity index (χ0n) is 18.3. The third-order valence-electron chi connectivity index (χ3n) is 6.50. The fourth-order valence-electron chi connectivity index (χ4n) is 4.68. The summed E-state index contributed by atoms with van der Waals surface area (Å²) in [5, 5.41) is 2.99. The van der Waals surface area contributed by atoms with Gasteiger partial charge in [-0.25, -0.2) is 0 Å². The summed E-state index contributed by atoms with van der Waals surface area (Å²) < 4.78 is 6.31. The number of hydrogen-bond acceptors (Lipinski definition) is 4. The smallest absolute Gasteiger partial charge is 0.255 e. The molecule has 0 aromatic heterocycles. The van der Waals surface area contributed by atoms with E-state index in [9.17, 15) is 4.79 Å². The summed E-state index contributed by atoms with van der Waals surface area (Å²) in [4.78, 5) is 17.9. The second-order valence-corrected chi connectivity index (χ2v) is 9.77. The summed E-state index contributed by atoms with van der Waals surface area (Å²) in [6, 6.07) is 14.5. The fraction of sp³-hybridized carbons (Fsp3) is 0.480. The molecule has 2 aliphatic heterocycles. The molecule has 2 aromatic carbocycles. The Morgan fingerprint density at radius 3 is 2.42 bits per heavy atom. The highest BCUT2D eigenvalue weighted by molar-refractivity contribution is 14.1. The Hall–Kier alpha value is -1.64. The average Bonchev–Trinajstić information content (AvgIpc) is 2.81. The molecule has 2 fully saturated rings. The number of carbonyl (C=O) groups is 1. The number of piperidine rings is 2. The van der Waals surface area contributed by atoms with Crippen LogP contribution in [0.5, 0.6) is 5.75 Å². The Morgan fingerprint density at radius 1 is 1.03 bits per heavy atom. The quantitative estimate of drug-likeness (QED) is 0.531. The Balaban J connectivity index is 1.27. The summed E-state index contributed by atoms with van der Waals surface area (Å²) in [7, 11) is 1.62. The molecule has 31 heavy (non-hydrogen) atoms. The molecule has 0 unspecified atom stereocenters. The van der Waals surface area contributed by atoms with Crippen molar-refractivity contribution in [3.63, 3.8) is 0 Å². The van der Waals surface area contributed by atoms with Crippen LogP contribution < -0.4 is 10.1 Å². The molecule has 0 radical (unpaired) electrons. The molecule has 6 heteroatoms. The van der Waals surface area contributed by atoms with E-state index in [1.165, 1.54) is 63.8 Å². The largest absolute Gasteiger partial charge is 0.496 e. The number of hydrogen-bond donors (Lipinski definition) is 1. The van der Waals surface area contributed by atoms with Gasteiger partial charge < -0.3 is 15.0 Å². The number of nitrogens with zero attached hydrogens (tertiary/aromatic N) is 2. The van der Waals surface area contributed by atoms with Gasteiger partial charge in [0, 0.05) is 23.8 Å². The lowest BCUT2D eigenvalue weighted by molar-refractivity contribution is 0.0896. The van der Waals surface area contributed by atoms with Gasteiger partial charge in [0.2, 0.25) is 0 Å². The van der Waals surface area contributed by atoms with Crippen LogP contribution >= 0.6 is 22.6 Å². The maximum atomic E-state index is 12.6. The molecule has 0 aliphatic carbocycles. The summed E-state index contributed by atoms with van der Waals surface area (Å²) in [5.74, 6) is 0.592. The van der Waals surface area contributed by atoms with Crippen LogP contribution in [0.2, 0.25) is 0 Å². The van der Waals surface area contributed by atoms with Crippen LogP contribution in [0.1, 0.15) is 48.0 Å². The number of halogens is 1. The van der Waals surface area contributed by atoms with Crippen molar-refractivity contribution in [2.75, 3.05) is 38.6 Å². The molecule has 2 aromatic rings. The third kappa shape index (κ3) is 5.99. The lowest BCUT2D eigenvalue weighted by Crippen LogP contribution is -2.46. The number of amides is 1. The first kappa shape index (κ1) is 22.6. The summed E-state index contributed by atoms with van der Waals surface area (Å²) >= 11 is 2.20. The van der Waals surface area contributed by atoms with E-state index in [-0.39, 0.29) is 5.91 Å². The standard InChI is InChI=1S/C25H32IN3O2/c1-31-24-17-20(7-10-23(24)26)25(30)27-21-8-5-19(6-9-21)18-28-15-11-22(12-16-28)29-13-3-2-4-14-29/h5-10,17,22H,2-4,11-16,18H2,1H3,(H,27,30). The molecule has 2 saturated heterocycles. The lowest BCUT2D eigenvalue weighted by Gasteiger charge is -2.40. The SMILES string of the molecule is COc1cc(C(=O)Nc2ccc(CN3CCC(N4CCCCC4)CC3)cc2)ccc1I. The van der Waals surface area contributed by atoms with Crippen molar-refractivity contribution in [2.45, 2.75) is 44.7 Å². The van der Waals surface area contributed by atoms with E-state index in [0.717, 1.165) is 21.8 Å². The van der Waals surface area contributed by atoms with Crippen molar-refractivity contribution in [1.29, 1.82) is 0 Å². The van der Waals surface area contributed by atoms with Crippen molar-refractivity contribution in [2.24, 2.45) is 0 Å². The van der Waals surface area contributed by atoms with Gasteiger partial charge in [0.1, 0.15) is 5.75 Å². The number of methoxy groups -OCH3 is 1. The van der Waals surface area contributed by atoms with Crippen molar-refractivity contribution in [1.82, 2.24) is 9.80 Å². The van der Waals surface area contributed by atoms with Crippen LogP contribution in [0, 0.1) is 3.57 Å². The third-order valence-corrected chi connectivity index (χ3v) is 7.39. The molecule has 166 valence electrons. The van der Waals surface area contributed by atoms with Crippen LogP contribution in [0.4, 0.5) is 5.69 Å². The van der Waals surface area contributed by atoms with Gasteiger partial charge in [0.05, 0.1) is 10.7 Å². The Kier molecular flexibility index (Phi) is 7.85. The minimum absolute atomic E-state index is 0.123. The van der Waals surface area contributed by atoms with E-state index in [1.54, 1.807) is 13.2 Å². The van der Waals surface area contributed by atoms with Crippen LogP contribution in [0.3, 0.4) is 0 Å². The predicted molar refractivity (Wildman–Crippen MR) is 134 cm³/mol. The number of anilines is 1. The molecular formula is C25H32IN3O2. The van der Waals surface area contributed by atoms with Gasteiger partial charge in [-0.1, -0.05) is 18.6 Å². The van der Waals surface area contributed by atoms with Gasteiger partial charge in [0.15, 0.2) is 0 Å². The molecule has 1 N–H and O–H groups in total. The van der Waals surface area contributed by atoms with Gasteiger partial charge in [-0.05, 0) is 110 Å². The topological polar surface area (TPSA) is 44.8 Å².